The summed E-state index contributed by atoms with van der Waals surface area (Å²) in [6.45, 7) is 5.84. The summed E-state index contributed by atoms with van der Waals surface area (Å²) >= 11 is 0. The van der Waals surface area contributed by atoms with Crippen LogP contribution in [0.2, 0.25) is 0 Å². The van der Waals surface area contributed by atoms with Gasteiger partial charge in [0.05, 0.1) is 11.6 Å². The average molecular weight is 363 g/mol. The molecule has 0 spiro atoms. The van der Waals surface area contributed by atoms with Gasteiger partial charge in [0, 0.05) is 18.7 Å². The highest BCUT2D eigenvalue weighted by Gasteiger charge is 2.34. The summed E-state index contributed by atoms with van der Waals surface area (Å²) in [5.74, 6) is -0.404. The van der Waals surface area contributed by atoms with E-state index in [1.54, 1.807) is 0 Å². The summed E-state index contributed by atoms with van der Waals surface area (Å²) in [5, 5.41) is 0. The van der Waals surface area contributed by atoms with Gasteiger partial charge >= 0.3 is 5.76 Å². The molecule has 1 aromatic heterocycles. The predicted molar refractivity (Wildman–Crippen MR) is 101 cm³/mol. The van der Waals surface area contributed by atoms with Gasteiger partial charge in [-0.2, -0.15) is 0 Å². The van der Waals surface area contributed by atoms with Crippen molar-refractivity contribution < 1.29 is 9.21 Å². The molecule has 0 radical (unpaired) electrons. The largest absolute Gasteiger partial charge is 0.417 e. The second kappa shape index (κ2) is 6.09. The van der Waals surface area contributed by atoms with Gasteiger partial charge in [-0.1, -0.05) is 18.2 Å². The number of fused-ring (bicyclic) bond motifs is 2. The topological polar surface area (TPSA) is 69.6 Å². The number of hydrogen-bond donors (Lipinski definition) is 1. The van der Waals surface area contributed by atoms with E-state index < -0.39 is 5.76 Å². The molecule has 138 valence electrons. The van der Waals surface area contributed by atoms with Crippen molar-refractivity contribution in [1.29, 1.82) is 0 Å². The van der Waals surface area contributed by atoms with E-state index in [1.165, 1.54) is 12.0 Å². The highest BCUT2D eigenvalue weighted by Crippen LogP contribution is 2.35. The summed E-state index contributed by atoms with van der Waals surface area (Å²) in [6, 6.07) is 11.8. The van der Waals surface area contributed by atoms with Crippen molar-refractivity contribution in [1.82, 2.24) is 14.8 Å². The third-order valence-electron chi connectivity index (χ3n) is 5.72. The molecule has 6 heteroatoms. The van der Waals surface area contributed by atoms with E-state index >= 15 is 0 Å². The Morgan fingerprint density at radius 2 is 1.85 bits per heavy atom. The number of carbonyl (C=O) groups excluding carboxylic acids is 1. The normalized spacial score (nSPS) is 19.5. The molecule has 0 saturated carbocycles. The summed E-state index contributed by atoms with van der Waals surface area (Å²) in [4.78, 5) is 31.2. The van der Waals surface area contributed by atoms with Gasteiger partial charge in [0.1, 0.15) is 0 Å². The number of aromatic nitrogens is 1. The fraction of sp³-hybridized carbons (Fsp3) is 0.333. The molecule has 0 unspecified atom stereocenters. The molecule has 6 nitrogen and oxygen atoms in total. The smallest absolute Gasteiger partial charge is 0.408 e. The monoisotopic (exact) mass is 363 g/mol. The molecule has 27 heavy (non-hydrogen) atoms. The Bertz CT molecular complexity index is 1090. The first kappa shape index (κ1) is 16.3. The minimum absolute atomic E-state index is 0.0257. The molecule has 2 aliphatic rings. The van der Waals surface area contributed by atoms with Crippen LogP contribution in [0, 0.1) is 0 Å². The quantitative estimate of drug-likeness (QED) is 0.773. The van der Waals surface area contributed by atoms with Crippen LogP contribution in [-0.4, -0.2) is 33.8 Å². The number of likely N-dealkylation sites (tertiary alicyclic amines) is 1. The van der Waals surface area contributed by atoms with Crippen LogP contribution in [0.25, 0.3) is 11.1 Å². The third kappa shape index (κ3) is 2.77. The van der Waals surface area contributed by atoms with E-state index in [9.17, 15) is 9.59 Å². The standard InChI is InChI=1S/C21H21N3O3/c1-13-17-9-14(11-23-7-2-8-23)3-5-16(17)20(25)24(13)12-15-4-6-18-19(10-15)27-21(26)22-18/h3-6,9-10,13H,2,7-8,11-12H2,1H3,(H,22,26)/t13-/m0/s1. The number of rotatable bonds is 4. The summed E-state index contributed by atoms with van der Waals surface area (Å²) < 4.78 is 5.14. The van der Waals surface area contributed by atoms with Gasteiger partial charge in [-0.05, 0) is 61.3 Å². The number of nitrogens with zero attached hydrogens (tertiary/aromatic N) is 2. The molecular weight excluding hydrogens is 342 g/mol. The van der Waals surface area contributed by atoms with Crippen LogP contribution in [0.1, 0.15) is 46.4 Å². The number of oxazole rings is 1. The highest BCUT2D eigenvalue weighted by molar-refractivity contribution is 5.99. The zero-order chi connectivity index (χ0) is 18.5. The summed E-state index contributed by atoms with van der Waals surface area (Å²) in [6.07, 6.45) is 1.28. The van der Waals surface area contributed by atoms with Gasteiger partial charge in [0.2, 0.25) is 0 Å². The van der Waals surface area contributed by atoms with Crippen LogP contribution in [-0.2, 0) is 13.1 Å². The Hall–Kier alpha value is -2.86. The van der Waals surface area contributed by atoms with E-state index in [-0.39, 0.29) is 11.9 Å². The molecule has 0 bridgehead atoms. The molecule has 3 heterocycles. The number of nitrogens with one attached hydrogen (secondary N) is 1. The maximum atomic E-state index is 12.9. The first-order chi connectivity index (χ1) is 13.1. The predicted octanol–water partition coefficient (Wildman–Crippen LogP) is 3.04. The van der Waals surface area contributed by atoms with Crippen LogP contribution in [0.3, 0.4) is 0 Å². The molecule has 1 atom stereocenters. The van der Waals surface area contributed by atoms with Crippen molar-refractivity contribution in [3.05, 3.63) is 69.2 Å². The van der Waals surface area contributed by atoms with Gasteiger partial charge in [0.25, 0.3) is 5.91 Å². The highest BCUT2D eigenvalue weighted by atomic mass is 16.4. The molecule has 1 N–H and O–H groups in total. The third-order valence-corrected chi connectivity index (χ3v) is 5.72. The second-order valence-corrected chi connectivity index (χ2v) is 7.51. The number of H-pyrrole nitrogens is 1. The van der Waals surface area contributed by atoms with Crippen molar-refractivity contribution in [2.24, 2.45) is 0 Å². The van der Waals surface area contributed by atoms with E-state index in [0.29, 0.717) is 17.6 Å². The lowest BCUT2D eigenvalue weighted by Gasteiger charge is -2.30. The van der Waals surface area contributed by atoms with Gasteiger partial charge in [-0.3, -0.25) is 14.7 Å². The van der Waals surface area contributed by atoms with Gasteiger partial charge in [-0.25, -0.2) is 4.79 Å². The minimum atomic E-state index is -0.463. The first-order valence-corrected chi connectivity index (χ1v) is 9.36. The Morgan fingerprint density at radius 1 is 1.07 bits per heavy atom. The SMILES string of the molecule is C[C@H]1c2cc(CN3CCC3)ccc2C(=O)N1Cc1ccc2[nH]c(=O)oc2c1. The molecule has 1 saturated heterocycles. The average Bonchev–Trinajstić information content (AvgIpc) is 3.10. The van der Waals surface area contributed by atoms with E-state index in [4.69, 9.17) is 4.42 Å². The molecule has 1 fully saturated rings. The summed E-state index contributed by atoms with van der Waals surface area (Å²) in [7, 11) is 0. The Balaban J connectivity index is 1.40. The maximum Gasteiger partial charge on any atom is 0.417 e. The Kier molecular flexibility index (Phi) is 3.68. The van der Waals surface area contributed by atoms with Crippen molar-refractivity contribution in [3.8, 4) is 0 Å². The van der Waals surface area contributed by atoms with Gasteiger partial charge in [0.15, 0.2) is 5.58 Å². The van der Waals surface area contributed by atoms with Crippen molar-refractivity contribution >= 4 is 17.0 Å². The number of hydrogen-bond acceptors (Lipinski definition) is 4. The molecule has 2 aromatic carbocycles. The van der Waals surface area contributed by atoms with Crippen LogP contribution in [0.5, 0.6) is 0 Å². The maximum absolute atomic E-state index is 12.9. The molecule has 2 aliphatic heterocycles. The first-order valence-electron chi connectivity index (χ1n) is 9.36. The number of benzene rings is 2. The van der Waals surface area contributed by atoms with E-state index in [2.05, 4.69) is 28.9 Å². The Morgan fingerprint density at radius 3 is 2.63 bits per heavy atom. The Labute approximate surface area is 156 Å². The van der Waals surface area contributed by atoms with Crippen LogP contribution in [0.15, 0.2) is 45.6 Å². The van der Waals surface area contributed by atoms with Crippen LogP contribution in [0.4, 0.5) is 0 Å². The molecule has 3 aromatic rings. The number of amides is 1. The van der Waals surface area contributed by atoms with E-state index in [0.717, 1.165) is 36.3 Å². The molecule has 0 aliphatic carbocycles. The number of aromatic amines is 1. The fourth-order valence-corrected chi connectivity index (χ4v) is 4.04. The summed E-state index contributed by atoms with van der Waals surface area (Å²) in [5.41, 5.74) is 5.30. The second-order valence-electron chi connectivity index (χ2n) is 7.51. The van der Waals surface area contributed by atoms with Crippen molar-refractivity contribution in [2.45, 2.75) is 32.5 Å². The zero-order valence-corrected chi connectivity index (χ0v) is 15.2. The lowest BCUT2D eigenvalue weighted by Crippen LogP contribution is -2.36. The van der Waals surface area contributed by atoms with Gasteiger partial charge < -0.3 is 9.32 Å². The van der Waals surface area contributed by atoms with Crippen molar-refractivity contribution in [3.63, 3.8) is 0 Å². The lowest BCUT2D eigenvalue weighted by atomic mass is 10.0. The molecule has 1 amide bonds. The van der Waals surface area contributed by atoms with E-state index in [1.807, 2.05) is 29.2 Å². The van der Waals surface area contributed by atoms with Crippen molar-refractivity contribution in [2.75, 3.05) is 13.1 Å². The molecule has 5 rings (SSSR count). The van der Waals surface area contributed by atoms with Gasteiger partial charge in [-0.15, -0.1) is 0 Å². The molecular formula is C21H21N3O3. The van der Waals surface area contributed by atoms with Crippen LogP contribution >= 0.6 is 0 Å². The zero-order valence-electron chi connectivity index (χ0n) is 15.2. The number of carbonyl (C=O) groups is 1. The van der Waals surface area contributed by atoms with Crippen LogP contribution < -0.4 is 5.76 Å². The fourth-order valence-electron chi connectivity index (χ4n) is 4.04. The lowest BCUT2D eigenvalue weighted by molar-refractivity contribution is 0.0723. The minimum Gasteiger partial charge on any atom is -0.408 e.